The molecule has 1 atom stereocenters. The maximum absolute atomic E-state index is 5.69. The SMILES string of the molecule is CN=C(NCc1ccc(NCCOC)cc1)NCC(c1ccco1)N1CCCC1.I. The molecule has 7 nitrogen and oxygen atoms in total. The number of hydrogen-bond acceptors (Lipinski definition) is 5. The molecule has 1 aliphatic heterocycles. The van der Waals surface area contributed by atoms with E-state index in [1.807, 2.05) is 6.07 Å². The molecular weight excluding hydrogens is 493 g/mol. The zero-order valence-electron chi connectivity index (χ0n) is 17.9. The summed E-state index contributed by atoms with van der Waals surface area (Å²) in [6, 6.07) is 12.6. The van der Waals surface area contributed by atoms with Crippen LogP contribution in [0.5, 0.6) is 0 Å². The Hall–Kier alpha value is -1.78. The molecule has 3 N–H and O–H groups in total. The molecule has 1 aromatic carbocycles. The minimum absolute atomic E-state index is 0. The van der Waals surface area contributed by atoms with Gasteiger partial charge in [-0.1, -0.05) is 12.1 Å². The highest BCUT2D eigenvalue weighted by Gasteiger charge is 2.25. The van der Waals surface area contributed by atoms with E-state index in [4.69, 9.17) is 9.15 Å². The third-order valence-corrected chi connectivity index (χ3v) is 5.19. The van der Waals surface area contributed by atoms with Crippen LogP contribution < -0.4 is 16.0 Å². The Balaban J connectivity index is 0.00000320. The lowest BCUT2D eigenvalue weighted by atomic mass is 10.2. The van der Waals surface area contributed by atoms with E-state index in [2.05, 4.69) is 56.2 Å². The van der Waals surface area contributed by atoms with Crippen LogP contribution in [0.1, 0.15) is 30.2 Å². The molecule has 1 fully saturated rings. The monoisotopic (exact) mass is 527 g/mol. The zero-order chi connectivity index (χ0) is 20.3. The van der Waals surface area contributed by atoms with Gasteiger partial charge in [0.2, 0.25) is 0 Å². The number of aliphatic imine (C=N–C) groups is 1. The number of rotatable bonds is 10. The minimum atomic E-state index is 0. The van der Waals surface area contributed by atoms with Crippen LogP contribution in [0.15, 0.2) is 52.1 Å². The van der Waals surface area contributed by atoms with Crippen molar-refractivity contribution in [2.24, 2.45) is 4.99 Å². The summed E-state index contributed by atoms with van der Waals surface area (Å²) in [5, 5.41) is 10.2. The normalized spacial score (nSPS) is 15.5. The van der Waals surface area contributed by atoms with Crippen LogP contribution in [-0.4, -0.2) is 57.8 Å². The number of ether oxygens (including phenoxy) is 1. The molecule has 0 bridgehead atoms. The van der Waals surface area contributed by atoms with Gasteiger partial charge < -0.3 is 25.1 Å². The van der Waals surface area contributed by atoms with Crippen molar-refractivity contribution in [2.45, 2.75) is 25.4 Å². The van der Waals surface area contributed by atoms with Gasteiger partial charge in [-0.3, -0.25) is 9.89 Å². The van der Waals surface area contributed by atoms with E-state index in [0.717, 1.165) is 43.6 Å². The molecule has 1 aliphatic rings. The van der Waals surface area contributed by atoms with Gasteiger partial charge in [0, 0.05) is 39.5 Å². The van der Waals surface area contributed by atoms with E-state index in [9.17, 15) is 0 Å². The third-order valence-electron chi connectivity index (χ3n) is 5.19. The van der Waals surface area contributed by atoms with Crippen molar-refractivity contribution in [1.82, 2.24) is 15.5 Å². The molecule has 166 valence electrons. The van der Waals surface area contributed by atoms with E-state index in [0.29, 0.717) is 13.2 Å². The Labute approximate surface area is 196 Å². The Bertz CT molecular complexity index is 730. The summed E-state index contributed by atoms with van der Waals surface area (Å²) in [5.41, 5.74) is 2.30. The summed E-state index contributed by atoms with van der Waals surface area (Å²) in [4.78, 5) is 6.85. The summed E-state index contributed by atoms with van der Waals surface area (Å²) in [7, 11) is 3.51. The van der Waals surface area contributed by atoms with Crippen molar-refractivity contribution in [3.05, 3.63) is 54.0 Å². The highest BCUT2D eigenvalue weighted by atomic mass is 127. The van der Waals surface area contributed by atoms with Gasteiger partial charge in [-0.15, -0.1) is 24.0 Å². The van der Waals surface area contributed by atoms with E-state index in [1.54, 1.807) is 20.4 Å². The number of nitrogens with zero attached hydrogens (tertiary/aromatic N) is 2. The number of hydrogen-bond donors (Lipinski definition) is 3. The number of halogens is 1. The van der Waals surface area contributed by atoms with Gasteiger partial charge in [-0.25, -0.2) is 0 Å². The largest absolute Gasteiger partial charge is 0.468 e. The third kappa shape index (κ3) is 7.48. The second-order valence-electron chi connectivity index (χ2n) is 7.20. The van der Waals surface area contributed by atoms with E-state index in [-0.39, 0.29) is 30.0 Å². The van der Waals surface area contributed by atoms with Crippen LogP contribution in [0.25, 0.3) is 0 Å². The van der Waals surface area contributed by atoms with Gasteiger partial charge >= 0.3 is 0 Å². The number of furan rings is 1. The molecule has 8 heteroatoms. The first-order valence-electron chi connectivity index (χ1n) is 10.3. The maximum atomic E-state index is 5.69. The highest BCUT2D eigenvalue weighted by molar-refractivity contribution is 14.0. The Morgan fingerprint density at radius 3 is 2.57 bits per heavy atom. The average Bonchev–Trinajstić information content (AvgIpc) is 3.46. The standard InChI is InChI=1S/C22H33N5O2.HI/c1-23-22(25-16-18-7-9-19(10-8-18)24-11-15-28-2)26-17-20(21-6-5-14-29-21)27-12-3-4-13-27;/h5-10,14,20,24H,3-4,11-13,15-17H2,1-2H3,(H2,23,25,26);1H. The lowest BCUT2D eigenvalue weighted by Crippen LogP contribution is -2.42. The van der Waals surface area contributed by atoms with Crippen molar-refractivity contribution in [1.29, 1.82) is 0 Å². The molecule has 0 spiro atoms. The van der Waals surface area contributed by atoms with Crippen molar-refractivity contribution in [2.75, 3.05) is 52.3 Å². The van der Waals surface area contributed by atoms with Crippen LogP contribution in [0.3, 0.4) is 0 Å². The van der Waals surface area contributed by atoms with Crippen molar-refractivity contribution >= 4 is 35.6 Å². The van der Waals surface area contributed by atoms with Crippen molar-refractivity contribution in [3.63, 3.8) is 0 Å². The molecule has 1 aromatic heterocycles. The summed E-state index contributed by atoms with van der Waals surface area (Å²) in [6.45, 7) is 5.20. The van der Waals surface area contributed by atoms with Crippen LogP contribution in [0.2, 0.25) is 0 Å². The fraction of sp³-hybridized carbons (Fsp3) is 0.500. The van der Waals surface area contributed by atoms with Gasteiger partial charge in [0.1, 0.15) is 5.76 Å². The molecule has 30 heavy (non-hydrogen) atoms. The van der Waals surface area contributed by atoms with Gasteiger partial charge in [0.15, 0.2) is 5.96 Å². The number of nitrogens with one attached hydrogen (secondary N) is 3. The van der Waals surface area contributed by atoms with Gasteiger partial charge in [-0.05, 0) is 55.8 Å². The first-order valence-corrected chi connectivity index (χ1v) is 10.3. The first kappa shape index (κ1) is 24.5. The summed E-state index contributed by atoms with van der Waals surface area (Å²) in [5.74, 6) is 1.80. The Kier molecular flexibility index (Phi) is 11.0. The predicted molar refractivity (Wildman–Crippen MR) is 133 cm³/mol. The van der Waals surface area contributed by atoms with Crippen LogP contribution >= 0.6 is 24.0 Å². The Morgan fingerprint density at radius 2 is 1.93 bits per heavy atom. The van der Waals surface area contributed by atoms with Crippen LogP contribution in [-0.2, 0) is 11.3 Å². The molecule has 1 saturated heterocycles. The lowest BCUT2D eigenvalue weighted by Gasteiger charge is -2.26. The van der Waals surface area contributed by atoms with Gasteiger partial charge in [0.25, 0.3) is 0 Å². The number of likely N-dealkylation sites (tertiary alicyclic amines) is 1. The molecule has 3 rings (SSSR count). The number of benzene rings is 1. The molecule has 1 unspecified atom stereocenters. The molecule has 2 aromatic rings. The molecule has 0 saturated carbocycles. The topological polar surface area (TPSA) is 74.1 Å². The number of guanidine groups is 1. The van der Waals surface area contributed by atoms with E-state index >= 15 is 0 Å². The predicted octanol–water partition coefficient (Wildman–Crippen LogP) is 3.46. The van der Waals surface area contributed by atoms with Crippen LogP contribution in [0.4, 0.5) is 5.69 Å². The zero-order valence-corrected chi connectivity index (χ0v) is 20.2. The van der Waals surface area contributed by atoms with Crippen LogP contribution in [0, 0.1) is 0 Å². The second kappa shape index (κ2) is 13.5. The second-order valence-corrected chi connectivity index (χ2v) is 7.20. The first-order chi connectivity index (χ1) is 14.3. The van der Waals surface area contributed by atoms with Crippen molar-refractivity contribution in [3.8, 4) is 0 Å². The van der Waals surface area contributed by atoms with E-state index in [1.165, 1.54) is 18.4 Å². The quantitative estimate of drug-likeness (QED) is 0.190. The number of methoxy groups -OCH3 is 1. The van der Waals surface area contributed by atoms with Crippen molar-refractivity contribution < 1.29 is 9.15 Å². The Morgan fingerprint density at radius 1 is 1.17 bits per heavy atom. The number of anilines is 1. The average molecular weight is 527 g/mol. The summed E-state index contributed by atoms with van der Waals surface area (Å²) < 4.78 is 10.8. The summed E-state index contributed by atoms with van der Waals surface area (Å²) in [6.07, 6.45) is 4.25. The van der Waals surface area contributed by atoms with E-state index < -0.39 is 0 Å². The fourth-order valence-corrected chi connectivity index (χ4v) is 3.58. The fourth-order valence-electron chi connectivity index (χ4n) is 3.58. The molecule has 0 amide bonds. The lowest BCUT2D eigenvalue weighted by molar-refractivity contribution is 0.211. The molecule has 0 aliphatic carbocycles. The molecule has 0 radical (unpaired) electrons. The van der Waals surface area contributed by atoms with Gasteiger partial charge in [0.05, 0.1) is 18.9 Å². The molecular formula is C22H34IN5O2. The highest BCUT2D eigenvalue weighted by Crippen LogP contribution is 2.24. The maximum Gasteiger partial charge on any atom is 0.191 e. The minimum Gasteiger partial charge on any atom is -0.468 e. The smallest absolute Gasteiger partial charge is 0.191 e. The van der Waals surface area contributed by atoms with Gasteiger partial charge in [-0.2, -0.15) is 0 Å². The molecule has 2 heterocycles. The summed E-state index contributed by atoms with van der Waals surface area (Å²) >= 11 is 0.